The molecule has 0 aliphatic heterocycles. The predicted octanol–water partition coefficient (Wildman–Crippen LogP) is 2.11. The lowest BCUT2D eigenvalue weighted by Crippen LogP contribution is -2.24. The van der Waals surface area contributed by atoms with E-state index in [1.807, 2.05) is 0 Å². The molecule has 1 aromatic rings. The predicted molar refractivity (Wildman–Crippen MR) is 66.3 cm³/mol. The molecule has 0 saturated carbocycles. The van der Waals surface area contributed by atoms with Crippen molar-refractivity contribution in [3.8, 4) is 0 Å². The van der Waals surface area contributed by atoms with E-state index in [-0.39, 0.29) is 12.6 Å². The summed E-state index contributed by atoms with van der Waals surface area (Å²) in [7, 11) is 0. The van der Waals surface area contributed by atoms with Crippen LogP contribution >= 0.6 is 11.8 Å². The van der Waals surface area contributed by atoms with E-state index >= 15 is 0 Å². The summed E-state index contributed by atoms with van der Waals surface area (Å²) in [6.45, 7) is 4.32. The monoisotopic (exact) mass is 225 g/mol. The molecular weight excluding hydrogens is 206 g/mol. The van der Waals surface area contributed by atoms with Crippen molar-refractivity contribution in [3.05, 3.63) is 29.3 Å². The Labute approximate surface area is 95.9 Å². The van der Waals surface area contributed by atoms with E-state index in [1.54, 1.807) is 11.8 Å². The van der Waals surface area contributed by atoms with Crippen molar-refractivity contribution in [1.29, 1.82) is 0 Å². The first-order valence-corrected chi connectivity index (χ1v) is 6.18. The van der Waals surface area contributed by atoms with Crippen LogP contribution in [-0.4, -0.2) is 23.5 Å². The van der Waals surface area contributed by atoms with Crippen molar-refractivity contribution in [2.45, 2.75) is 31.2 Å². The van der Waals surface area contributed by atoms with Gasteiger partial charge < -0.3 is 10.8 Å². The maximum absolute atomic E-state index is 8.78. The molecule has 0 bridgehead atoms. The minimum Gasteiger partial charge on any atom is -0.395 e. The second-order valence-corrected chi connectivity index (χ2v) is 4.99. The average molecular weight is 225 g/mol. The fraction of sp³-hybridized carbons (Fsp3) is 0.500. The number of rotatable bonds is 5. The van der Waals surface area contributed by atoms with Gasteiger partial charge in [0.15, 0.2) is 0 Å². The summed E-state index contributed by atoms with van der Waals surface area (Å²) >= 11 is 1.80. The Bertz CT molecular complexity index is 314. The Morgan fingerprint density at radius 3 is 2.67 bits per heavy atom. The Kier molecular flexibility index (Phi) is 5.15. The van der Waals surface area contributed by atoms with E-state index < -0.39 is 0 Å². The van der Waals surface area contributed by atoms with Crippen LogP contribution in [0.25, 0.3) is 0 Å². The first kappa shape index (κ1) is 12.6. The topological polar surface area (TPSA) is 46.2 Å². The lowest BCUT2D eigenvalue weighted by Gasteiger charge is -2.08. The SMILES string of the molecule is Cc1ccc(SCCC(N)CO)cc1C. The molecule has 2 nitrogen and oxygen atoms in total. The minimum absolute atomic E-state index is 0.0769. The third-order valence-electron chi connectivity index (χ3n) is 2.47. The van der Waals surface area contributed by atoms with Crippen LogP contribution in [0.15, 0.2) is 23.1 Å². The molecule has 3 heteroatoms. The van der Waals surface area contributed by atoms with E-state index in [1.165, 1.54) is 16.0 Å². The Morgan fingerprint density at radius 1 is 1.33 bits per heavy atom. The van der Waals surface area contributed by atoms with Crippen LogP contribution in [0.3, 0.4) is 0 Å². The van der Waals surface area contributed by atoms with Gasteiger partial charge >= 0.3 is 0 Å². The molecule has 0 amide bonds. The fourth-order valence-corrected chi connectivity index (χ4v) is 2.30. The zero-order chi connectivity index (χ0) is 11.3. The average Bonchev–Trinajstić information content (AvgIpc) is 2.23. The molecule has 0 aliphatic carbocycles. The zero-order valence-corrected chi connectivity index (χ0v) is 10.2. The smallest absolute Gasteiger partial charge is 0.0582 e. The Morgan fingerprint density at radius 2 is 2.07 bits per heavy atom. The molecule has 0 aliphatic rings. The number of benzene rings is 1. The molecule has 0 heterocycles. The van der Waals surface area contributed by atoms with Gasteiger partial charge in [0.25, 0.3) is 0 Å². The molecule has 0 aromatic heterocycles. The lowest BCUT2D eigenvalue weighted by atomic mass is 10.1. The van der Waals surface area contributed by atoms with Crippen molar-refractivity contribution >= 4 is 11.8 Å². The van der Waals surface area contributed by atoms with Gasteiger partial charge in [0.05, 0.1) is 6.61 Å². The molecule has 1 aromatic carbocycles. The van der Waals surface area contributed by atoms with Crippen LogP contribution in [0.1, 0.15) is 17.5 Å². The maximum atomic E-state index is 8.78. The summed E-state index contributed by atoms with van der Waals surface area (Å²) in [5.74, 6) is 0.963. The van der Waals surface area contributed by atoms with Crippen LogP contribution in [0.4, 0.5) is 0 Å². The number of aliphatic hydroxyl groups excluding tert-OH is 1. The third kappa shape index (κ3) is 4.24. The van der Waals surface area contributed by atoms with Crippen molar-refractivity contribution in [1.82, 2.24) is 0 Å². The van der Waals surface area contributed by atoms with E-state index in [0.717, 1.165) is 12.2 Å². The van der Waals surface area contributed by atoms with Crippen molar-refractivity contribution < 1.29 is 5.11 Å². The molecule has 15 heavy (non-hydrogen) atoms. The molecule has 1 rings (SSSR count). The molecule has 0 spiro atoms. The van der Waals surface area contributed by atoms with Gasteiger partial charge in [0.1, 0.15) is 0 Å². The highest BCUT2D eigenvalue weighted by Gasteiger charge is 2.01. The second kappa shape index (κ2) is 6.16. The fourth-order valence-electron chi connectivity index (χ4n) is 1.22. The summed E-state index contributed by atoms with van der Waals surface area (Å²) in [5, 5.41) is 8.78. The normalized spacial score (nSPS) is 12.8. The number of nitrogens with two attached hydrogens (primary N) is 1. The van der Waals surface area contributed by atoms with Crippen molar-refractivity contribution in [2.75, 3.05) is 12.4 Å². The number of hydrogen-bond acceptors (Lipinski definition) is 3. The van der Waals surface area contributed by atoms with Gasteiger partial charge in [0.2, 0.25) is 0 Å². The van der Waals surface area contributed by atoms with Crippen molar-refractivity contribution in [2.24, 2.45) is 5.73 Å². The van der Waals surface area contributed by atoms with Gasteiger partial charge in [-0.25, -0.2) is 0 Å². The standard InChI is InChI=1S/C12H19NOS/c1-9-3-4-12(7-10(9)2)15-6-5-11(13)8-14/h3-4,7,11,14H,5-6,8,13H2,1-2H3. The van der Waals surface area contributed by atoms with E-state index in [2.05, 4.69) is 32.0 Å². The molecule has 0 radical (unpaired) electrons. The van der Waals surface area contributed by atoms with E-state index in [9.17, 15) is 0 Å². The molecule has 3 N–H and O–H groups in total. The largest absolute Gasteiger partial charge is 0.395 e. The summed E-state index contributed by atoms with van der Waals surface area (Å²) in [5.41, 5.74) is 8.28. The van der Waals surface area contributed by atoms with Gasteiger partial charge in [-0.05, 0) is 49.3 Å². The number of aliphatic hydroxyl groups is 1. The van der Waals surface area contributed by atoms with Gasteiger partial charge in [0, 0.05) is 10.9 Å². The van der Waals surface area contributed by atoms with Gasteiger partial charge in [-0.15, -0.1) is 11.8 Å². The van der Waals surface area contributed by atoms with Crippen molar-refractivity contribution in [3.63, 3.8) is 0 Å². The summed E-state index contributed by atoms with van der Waals surface area (Å²) in [6.07, 6.45) is 0.855. The summed E-state index contributed by atoms with van der Waals surface area (Å²) in [6, 6.07) is 6.40. The van der Waals surface area contributed by atoms with Crippen LogP contribution in [-0.2, 0) is 0 Å². The zero-order valence-electron chi connectivity index (χ0n) is 9.36. The molecule has 84 valence electrons. The lowest BCUT2D eigenvalue weighted by molar-refractivity contribution is 0.264. The van der Waals surface area contributed by atoms with Crippen LogP contribution in [0, 0.1) is 13.8 Å². The number of thioether (sulfide) groups is 1. The van der Waals surface area contributed by atoms with Gasteiger partial charge in [-0.2, -0.15) is 0 Å². The minimum atomic E-state index is -0.0796. The number of hydrogen-bond donors (Lipinski definition) is 2. The Balaban J connectivity index is 2.41. The van der Waals surface area contributed by atoms with E-state index in [4.69, 9.17) is 10.8 Å². The summed E-state index contributed by atoms with van der Waals surface area (Å²) in [4.78, 5) is 1.28. The quantitative estimate of drug-likeness (QED) is 0.754. The highest BCUT2D eigenvalue weighted by Crippen LogP contribution is 2.21. The van der Waals surface area contributed by atoms with Crippen LogP contribution in [0.5, 0.6) is 0 Å². The second-order valence-electron chi connectivity index (χ2n) is 3.83. The summed E-state index contributed by atoms with van der Waals surface area (Å²) < 4.78 is 0. The first-order valence-electron chi connectivity index (χ1n) is 5.20. The molecule has 1 unspecified atom stereocenters. The molecule has 0 fully saturated rings. The van der Waals surface area contributed by atoms with E-state index in [0.29, 0.717) is 0 Å². The van der Waals surface area contributed by atoms with Crippen LogP contribution < -0.4 is 5.73 Å². The highest BCUT2D eigenvalue weighted by molar-refractivity contribution is 7.99. The third-order valence-corrected chi connectivity index (χ3v) is 3.50. The number of aryl methyl sites for hydroxylation is 2. The molecular formula is C12H19NOS. The molecule has 1 atom stereocenters. The van der Waals surface area contributed by atoms with Gasteiger partial charge in [-0.1, -0.05) is 6.07 Å². The van der Waals surface area contributed by atoms with Crippen LogP contribution in [0.2, 0.25) is 0 Å². The highest BCUT2D eigenvalue weighted by atomic mass is 32.2. The first-order chi connectivity index (χ1) is 7.13. The maximum Gasteiger partial charge on any atom is 0.0582 e. The van der Waals surface area contributed by atoms with Gasteiger partial charge in [-0.3, -0.25) is 0 Å². The Hall–Kier alpha value is -0.510. The molecule has 0 saturated heterocycles.